The zero-order valence-corrected chi connectivity index (χ0v) is 24.7. The van der Waals surface area contributed by atoms with Crippen LogP contribution in [0.25, 0.3) is 0 Å². The lowest BCUT2D eigenvalue weighted by molar-refractivity contribution is -0.129. The topological polar surface area (TPSA) is 51.2 Å². The quantitative estimate of drug-likeness (QED) is 0.127. The molecule has 0 N–H and O–H groups in total. The molecule has 0 saturated heterocycles. The van der Waals surface area contributed by atoms with Crippen LogP contribution in [0.15, 0.2) is 24.3 Å². The number of carbonyl (C=O) groups excluding carboxylic acids is 3. The van der Waals surface area contributed by atoms with Crippen LogP contribution in [0.4, 0.5) is 0 Å². The molecule has 3 heteroatoms. The van der Waals surface area contributed by atoms with Gasteiger partial charge in [-0.15, -0.1) is 0 Å². The van der Waals surface area contributed by atoms with E-state index in [2.05, 4.69) is 65.8 Å². The molecule has 1 aromatic rings. The van der Waals surface area contributed by atoms with Gasteiger partial charge >= 0.3 is 0 Å². The largest absolute Gasteiger partial charge is 0.300 e. The average molecular weight is 509 g/mol. The van der Waals surface area contributed by atoms with Crippen LogP contribution in [0.3, 0.4) is 0 Å². The standard InChI is InChI=1S/C34H52O3/c1-8-11-12-14-23(4)15-16-24(5)30-18-17-25(6)34-31(30)21-27(22-33(34)37)20-28(13-9-2)29(10-3)32(36)19-26(7)35/h15-18,23-24,27-29H,8-14,19-22H2,1-7H3. The number of hydrogen-bond donors (Lipinski definition) is 0. The molecule has 0 saturated carbocycles. The summed E-state index contributed by atoms with van der Waals surface area (Å²) in [6.07, 6.45) is 14.9. The molecule has 37 heavy (non-hydrogen) atoms. The van der Waals surface area contributed by atoms with E-state index >= 15 is 0 Å². The summed E-state index contributed by atoms with van der Waals surface area (Å²) in [7, 11) is 0. The highest BCUT2D eigenvalue weighted by molar-refractivity contribution is 6.00. The number of ketones is 3. The minimum absolute atomic E-state index is 0.0369. The first-order valence-corrected chi connectivity index (χ1v) is 15.0. The molecule has 5 unspecified atom stereocenters. The van der Waals surface area contributed by atoms with E-state index in [1.807, 2.05) is 0 Å². The third kappa shape index (κ3) is 9.04. The number of hydrogen-bond acceptors (Lipinski definition) is 3. The van der Waals surface area contributed by atoms with Crippen molar-refractivity contribution in [2.24, 2.45) is 23.7 Å². The zero-order chi connectivity index (χ0) is 27.5. The Labute approximate surface area is 226 Å². The van der Waals surface area contributed by atoms with Gasteiger partial charge < -0.3 is 0 Å². The number of Topliss-reactive ketones (excluding diaryl/α,β-unsaturated/α-hetero) is 3. The van der Waals surface area contributed by atoms with Crippen molar-refractivity contribution in [3.8, 4) is 0 Å². The Morgan fingerprint density at radius 2 is 1.73 bits per heavy atom. The molecule has 0 radical (unpaired) electrons. The molecular weight excluding hydrogens is 456 g/mol. The van der Waals surface area contributed by atoms with Crippen molar-refractivity contribution in [1.82, 2.24) is 0 Å². The second-order valence-electron chi connectivity index (χ2n) is 11.8. The van der Waals surface area contributed by atoms with E-state index in [4.69, 9.17) is 0 Å². The third-order valence-electron chi connectivity index (χ3n) is 8.43. The van der Waals surface area contributed by atoms with Crippen LogP contribution in [-0.2, 0) is 16.0 Å². The minimum Gasteiger partial charge on any atom is -0.300 e. The molecule has 0 fully saturated rings. The van der Waals surface area contributed by atoms with Gasteiger partial charge in [-0.2, -0.15) is 0 Å². The SMILES string of the molecule is CCCCCC(C)C=CC(C)c1ccc(C)c2c1CC(CC(CCC)C(CC)C(=O)CC(C)=O)CC2=O. The summed E-state index contributed by atoms with van der Waals surface area (Å²) >= 11 is 0. The monoisotopic (exact) mass is 508 g/mol. The molecule has 0 bridgehead atoms. The summed E-state index contributed by atoms with van der Waals surface area (Å²) in [6, 6.07) is 4.35. The average Bonchev–Trinajstić information content (AvgIpc) is 2.82. The maximum absolute atomic E-state index is 13.4. The van der Waals surface area contributed by atoms with E-state index in [1.54, 1.807) is 0 Å². The number of unbranched alkanes of at least 4 members (excludes halogenated alkanes) is 2. The molecule has 0 aromatic heterocycles. The molecule has 0 aliphatic heterocycles. The smallest absolute Gasteiger partial charge is 0.163 e. The Balaban J connectivity index is 2.27. The summed E-state index contributed by atoms with van der Waals surface area (Å²) < 4.78 is 0. The van der Waals surface area contributed by atoms with Crippen molar-refractivity contribution in [2.45, 2.75) is 125 Å². The van der Waals surface area contributed by atoms with Crippen LogP contribution < -0.4 is 0 Å². The lowest BCUT2D eigenvalue weighted by Gasteiger charge is -2.33. The molecule has 0 heterocycles. The Morgan fingerprint density at radius 3 is 2.35 bits per heavy atom. The number of aryl methyl sites for hydroxylation is 1. The molecule has 1 aliphatic rings. The molecule has 0 spiro atoms. The highest BCUT2D eigenvalue weighted by Gasteiger charge is 2.34. The van der Waals surface area contributed by atoms with Crippen LogP contribution in [0.2, 0.25) is 0 Å². The van der Waals surface area contributed by atoms with Crippen LogP contribution >= 0.6 is 0 Å². The Hall–Kier alpha value is -2.03. The summed E-state index contributed by atoms with van der Waals surface area (Å²) in [4.78, 5) is 38.0. The number of carbonyl (C=O) groups is 3. The van der Waals surface area contributed by atoms with E-state index in [0.717, 1.165) is 43.2 Å². The summed E-state index contributed by atoms with van der Waals surface area (Å²) in [6.45, 7) is 14.6. The fourth-order valence-electron chi connectivity index (χ4n) is 6.46. The summed E-state index contributed by atoms with van der Waals surface area (Å²) in [5, 5.41) is 0. The number of rotatable bonds is 16. The van der Waals surface area contributed by atoms with Crippen LogP contribution in [0, 0.1) is 30.6 Å². The molecule has 5 atom stereocenters. The highest BCUT2D eigenvalue weighted by atomic mass is 16.1. The van der Waals surface area contributed by atoms with Gasteiger partial charge in [0.15, 0.2) is 5.78 Å². The van der Waals surface area contributed by atoms with Crippen molar-refractivity contribution >= 4 is 17.3 Å². The van der Waals surface area contributed by atoms with Gasteiger partial charge in [0.1, 0.15) is 11.6 Å². The molecule has 2 rings (SSSR count). The Kier molecular flexibility index (Phi) is 13.0. The van der Waals surface area contributed by atoms with Crippen molar-refractivity contribution in [3.05, 3.63) is 46.5 Å². The molecule has 206 valence electrons. The van der Waals surface area contributed by atoms with Crippen LogP contribution in [-0.4, -0.2) is 17.3 Å². The minimum atomic E-state index is -0.0895. The second-order valence-corrected chi connectivity index (χ2v) is 11.8. The predicted molar refractivity (Wildman–Crippen MR) is 155 cm³/mol. The predicted octanol–water partition coefficient (Wildman–Crippen LogP) is 9.00. The van der Waals surface area contributed by atoms with Crippen LogP contribution in [0.5, 0.6) is 0 Å². The van der Waals surface area contributed by atoms with E-state index in [9.17, 15) is 14.4 Å². The number of allylic oxidation sites excluding steroid dienone is 2. The second kappa shape index (κ2) is 15.4. The number of fused-ring (bicyclic) bond motifs is 1. The maximum atomic E-state index is 13.4. The van der Waals surface area contributed by atoms with Gasteiger partial charge in [0.25, 0.3) is 0 Å². The molecule has 0 amide bonds. The first-order valence-electron chi connectivity index (χ1n) is 15.0. The first-order chi connectivity index (χ1) is 17.6. The van der Waals surface area contributed by atoms with E-state index < -0.39 is 0 Å². The van der Waals surface area contributed by atoms with Gasteiger partial charge in [0, 0.05) is 17.9 Å². The van der Waals surface area contributed by atoms with Crippen molar-refractivity contribution in [2.75, 3.05) is 0 Å². The lowest BCUT2D eigenvalue weighted by Crippen LogP contribution is -2.30. The van der Waals surface area contributed by atoms with Crippen molar-refractivity contribution in [1.29, 1.82) is 0 Å². The van der Waals surface area contributed by atoms with Crippen LogP contribution in [0.1, 0.15) is 139 Å². The molecule has 1 aromatic carbocycles. The van der Waals surface area contributed by atoms with E-state index in [1.165, 1.54) is 43.7 Å². The fourth-order valence-corrected chi connectivity index (χ4v) is 6.46. The van der Waals surface area contributed by atoms with Gasteiger partial charge in [0.05, 0.1) is 6.42 Å². The van der Waals surface area contributed by atoms with Gasteiger partial charge in [-0.25, -0.2) is 0 Å². The summed E-state index contributed by atoms with van der Waals surface area (Å²) in [5.74, 6) is 1.51. The van der Waals surface area contributed by atoms with Gasteiger partial charge in [-0.3, -0.25) is 14.4 Å². The molecule has 3 nitrogen and oxygen atoms in total. The third-order valence-corrected chi connectivity index (χ3v) is 8.43. The molecular formula is C34H52O3. The van der Waals surface area contributed by atoms with Crippen molar-refractivity contribution in [3.63, 3.8) is 0 Å². The van der Waals surface area contributed by atoms with Gasteiger partial charge in [0.2, 0.25) is 0 Å². The lowest BCUT2D eigenvalue weighted by atomic mass is 9.70. The van der Waals surface area contributed by atoms with E-state index in [-0.39, 0.29) is 47.4 Å². The Bertz CT molecular complexity index is 941. The zero-order valence-electron chi connectivity index (χ0n) is 24.7. The van der Waals surface area contributed by atoms with E-state index in [0.29, 0.717) is 12.3 Å². The van der Waals surface area contributed by atoms with Gasteiger partial charge in [-0.05, 0) is 79.9 Å². The van der Waals surface area contributed by atoms with Crippen molar-refractivity contribution < 1.29 is 14.4 Å². The normalized spacial score (nSPS) is 18.9. The van der Waals surface area contributed by atoms with Gasteiger partial charge in [-0.1, -0.05) is 91.0 Å². The maximum Gasteiger partial charge on any atom is 0.163 e. The first kappa shape index (κ1) is 31.2. The Morgan fingerprint density at radius 1 is 1.00 bits per heavy atom. The molecule has 1 aliphatic carbocycles. The fraction of sp³-hybridized carbons (Fsp3) is 0.676. The summed E-state index contributed by atoms with van der Waals surface area (Å²) in [5.41, 5.74) is 4.54. The highest BCUT2D eigenvalue weighted by Crippen LogP contribution is 2.39. The number of benzene rings is 1.